The molecule has 2 rings (SSSR count). The van der Waals surface area contributed by atoms with Crippen LogP contribution in [0.25, 0.3) is 11.6 Å². The van der Waals surface area contributed by atoms with Gasteiger partial charge in [-0.25, -0.2) is 9.59 Å². The number of carbonyl (C=O) groups excluding carboxylic acids is 2. The third-order valence-electron chi connectivity index (χ3n) is 2.42. The molecule has 0 fully saturated rings. The molecular formula is C11H11N3O5. The number of aromatic nitrogens is 3. The van der Waals surface area contributed by atoms with Gasteiger partial charge in [0, 0.05) is 13.2 Å². The molecule has 0 N–H and O–H groups in total. The maximum atomic E-state index is 11.5. The SMILES string of the molecule is COC(=O)c1nc(-c2ccnn2C)oc1C(=O)OC. The number of carbonyl (C=O) groups is 2. The Hall–Kier alpha value is -2.64. The molecule has 0 spiro atoms. The van der Waals surface area contributed by atoms with Crippen molar-refractivity contribution in [1.82, 2.24) is 14.8 Å². The molecular weight excluding hydrogens is 254 g/mol. The van der Waals surface area contributed by atoms with Crippen molar-refractivity contribution in [2.75, 3.05) is 14.2 Å². The summed E-state index contributed by atoms with van der Waals surface area (Å²) in [6.45, 7) is 0. The first-order chi connectivity index (χ1) is 9.08. The summed E-state index contributed by atoms with van der Waals surface area (Å²) >= 11 is 0. The first-order valence-corrected chi connectivity index (χ1v) is 5.24. The summed E-state index contributed by atoms with van der Waals surface area (Å²) in [6, 6.07) is 1.63. The van der Waals surface area contributed by atoms with Crippen molar-refractivity contribution in [3.63, 3.8) is 0 Å². The minimum Gasteiger partial charge on any atom is -0.464 e. The highest BCUT2D eigenvalue weighted by Crippen LogP contribution is 2.22. The fourth-order valence-corrected chi connectivity index (χ4v) is 1.48. The fraction of sp³-hybridized carbons (Fsp3) is 0.273. The highest BCUT2D eigenvalue weighted by atomic mass is 16.5. The van der Waals surface area contributed by atoms with Crippen LogP contribution in [-0.2, 0) is 16.5 Å². The number of esters is 2. The van der Waals surface area contributed by atoms with E-state index in [4.69, 9.17) is 4.42 Å². The predicted octanol–water partition coefficient (Wildman–Crippen LogP) is 0.648. The van der Waals surface area contributed by atoms with Gasteiger partial charge in [-0.05, 0) is 6.07 Å². The summed E-state index contributed by atoms with van der Waals surface area (Å²) in [7, 11) is 4.03. The third-order valence-corrected chi connectivity index (χ3v) is 2.42. The zero-order valence-corrected chi connectivity index (χ0v) is 10.5. The van der Waals surface area contributed by atoms with Crippen molar-refractivity contribution in [1.29, 1.82) is 0 Å². The average Bonchev–Trinajstić information content (AvgIpc) is 3.02. The first kappa shape index (κ1) is 12.8. The molecule has 0 aromatic carbocycles. The topological polar surface area (TPSA) is 96.5 Å². The average molecular weight is 265 g/mol. The molecule has 0 bridgehead atoms. The summed E-state index contributed by atoms with van der Waals surface area (Å²) in [6.07, 6.45) is 1.54. The van der Waals surface area contributed by atoms with Crippen LogP contribution in [0.4, 0.5) is 0 Å². The summed E-state index contributed by atoms with van der Waals surface area (Å²) in [4.78, 5) is 27.0. The molecule has 0 atom stereocenters. The number of rotatable bonds is 3. The van der Waals surface area contributed by atoms with Crippen LogP contribution in [0, 0.1) is 0 Å². The van der Waals surface area contributed by atoms with E-state index in [2.05, 4.69) is 19.6 Å². The van der Waals surface area contributed by atoms with Gasteiger partial charge in [-0.2, -0.15) is 10.1 Å². The number of hydrogen-bond donors (Lipinski definition) is 0. The van der Waals surface area contributed by atoms with Crippen LogP contribution >= 0.6 is 0 Å². The lowest BCUT2D eigenvalue weighted by molar-refractivity contribution is 0.0527. The Labute approximate surface area is 107 Å². The second-order valence-corrected chi connectivity index (χ2v) is 3.52. The molecule has 0 aliphatic carbocycles. The van der Waals surface area contributed by atoms with Crippen LogP contribution in [0.3, 0.4) is 0 Å². The molecule has 0 radical (unpaired) electrons. The minimum absolute atomic E-state index is 0.0841. The number of nitrogens with zero attached hydrogens (tertiary/aromatic N) is 3. The predicted molar refractivity (Wildman–Crippen MR) is 61.4 cm³/mol. The number of ether oxygens (including phenoxy) is 2. The molecule has 2 aromatic rings. The maximum Gasteiger partial charge on any atom is 0.376 e. The molecule has 0 aliphatic heterocycles. The molecule has 100 valence electrons. The van der Waals surface area contributed by atoms with Crippen molar-refractivity contribution in [2.24, 2.45) is 7.05 Å². The molecule has 0 unspecified atom stereocenters. The Kier molecular flexibility index (Phi) is 3.32. The van der Waals surface area contributed by atoms with E-state index in [1.54, 1.807) is 13.1 Å². The molecule has 2 heterocycles. The van der Waals surface area contributed by atoms with Gasteiger partial charge in [0.2, 0.25) is 17.3 Å². The van der Waals surface area contributed by atoms with Gasteiger partial charge in [0.05, 0.1) is 14.2 Å². The number of methoxy groups -OCH3 is 2. The van der Waals surface area contributed by atoms with Crippen molar-refractivity contribution in [3.8, 4) is 11.6 Å². The van der Waals surface area contributed by atoms with Gasteiger partial charge >= 0.3 is 11.9 Å². The number of hydrogen-bond acceptors (Lipinski definition) is 7. The quantitative estimate of drug-likeness (QED) is 0.751. The van der Waals surface area contributed by atoms with E-state index >= 15 is 0 Å². The van der Waals surface area contributed by atoms with Crippen LogP contribution < -0.4 is 0 Å². The Balaban J connectivity index is 2.55. The van der Waals surface area contributed by atoms with Crippen LogP contribution in [0.2, 0.25) is 0 Å². The van der Waals surface area contributed by atoms with E-state index in [-0.39, 0.29) is 17.3 Å². The van der Waals surface area contributed by atoms with E-state index in [0.717, 1.165) is 0 Å². The molecule has 0 aliphatic rings. The number of aryl methyl sites for hydroxylation is 1. The van der Waals surface area contributed by atoms with Gasteiger partial charge in [-0.3, -0.25) is 4.68 Å². The van der Waals surface area contributed by atoms with Crippen LogP contribution in [0.1, 0.15) is 21.0 Å². The van der Waals surface area contributed by atoms with Crippen LogP contribution in [0.5, 0.6) is 0 Å². The first-order valence-electron chi connectivity index (χ1n) is 5.24. The monoisotopic (exact) mass is 265 g/mol. The lowest BCUT2D eigenvalue weighted by Crippen LogP contribution is -2.10. The Bertz CT molecular complexity index is 595. The highest BCUT2D eigenvalue weighted by Gasteiger charge is 2.28. The second kappa shape index (κ2) is 4.92. The van der Waals surface area contributed by atoms with E-state index in [1.807, 2.05) is 0 Å². The largest absolute Gasteiger partial charge is 0.464 e. The Morgan fingerprint density at radius 3 is 2.47 bits per heavy atom. The number of oxazole rings is 1. The Morgan fingerprint density at radius 1 is 1.26 bits per heavy atom. The molecule has 19 heavy (non-hydrogen) atoms. The summed E-state index contributed by atoms with van der Waals surface area (Å²) in [5.41, 5.74) is 0.283. The molecule has 8 heteroatoms. The lowest BCUT2D eigenvalue weighted by atomic mass is 10.3. The highest BCUT2D eigenvalue weighted by molar-refractivity contribution is 6.00. The van der Waals surface area contributed by atoms with E-state index in [9.17, 15) is 9.59 Å². The lowest BCUT2D eigenvalue weighted by Gasteiger charge is -1.96. The minimum atomic E-state index is -0.804. The smallest absolute Gasteiger partial charge is 0.376 e. The van der Waals surface area contributed by atoms with Crippen molar-refractivity contribution in [3.05, 3.63) is 23.7 Å². The van der Waals surface area contributed by atoms with E-state index < -0.39 is 11.9 Å². The fourth-order valence-electron chi connectivity index (χ4n) is 1.48. The summed E-state index contributed by atoms with van der Waals surface area (Å²) < 4.78 is 15.8. The van der Waals surface area contributed by atoms with Crippen molar-refractivity contribution >= 4 is 11.9 Å². The summed E-state index contributed by atoms with van der Waals surface area (Å²) in [5, 5.41) is 3.95. The molecule has 2 aromatic heterocycles. The molecule has 0 amide bonds. The second-order valence-electron chi connectivity index (χ2n) is 3.52. The van der Waals surface area contributed by atoms with E-state index in [1.165, 1.54) is 25.1 Å². The summed E-state index contributed by atoms with van der Waals surface area (Å²) in [5.74, 6) is -1.80. The van der Waals surface area contributed by atoms with Crippen LogP contribution in [0.15, 0.2) is 16.7 Å². The van der Waals surface area contributed by atoms with Gasteiger partial charge in [0.15, 0.2) is 0 Å². The van der Waals surface area contributed by atoms with Gasteiger partial charge in [-0.15, -0.1) is 0 Å². The normalized spacial score (nSPS) is 10.3. The van der Waals surface area contributed by atoms with E-state index in [0.29, 0.717) is 5.69 Å². The van der Waals surface area contributed by atoms with Gasteiger partial charge in [0.25, 0.3) is 0 Å². The maximum absolute atomic E-state index is 11.5. The standard InChI is InChI=1S/C11H11N3O5/c1-14-6(4-5-12-14)9-13-7(10(15)17-2)8(19-9)11(16)18-3/h4-5H,1-3H3. The Morgan fingerprint density at radius 2 is 1.95 bits per heavy atom. The zero-order valence-electron chi connectivity index (χ0n) is 10.5. The van der Waals surface area contributed by atoms with Gasteiger partial charge < -0.3 is 13.9 Å². The van der Waals surface area contributed by atoms with Crippen molar-refractivity contribution < 1.29 is 23.5 Å². The van der Waals surface area contributed by atoms with Gasteiger partial charge in [0.1, 0.15) is 5.69 Å². The van der Waals surface area contributed by atoms with Gasteiger partial charge in [-0.1, -0.05) is 0 Å². The third kappa shape index (κ3) is 2.19. The molecule has 0 saturated carbocycles. The van der Waals surface area contributed by atoms with Crippen molar-refractivity contribution in [2.45, 2.75) is 0 Å². The zero-order chi connectivity index (χ0) is 14.0. The van der Waals surface area contributed by atoms with Crippen LogP contribution in [-0.4, -0.2) is 40.9 Å². The molecule has 8 nitrogen and oxygen atoms in total. The molecule has 0 saturated heterocycles.